The van der Waals surface area contributed by atoms with E-state index in [1.165, 1.54) is 0 Å². The number of hydrogen-bond donors (Lipinski definition) is 1. The molecule has 1 aromatic rings. The first kappa shape index (κ1) is 8.94. The Balaban J connectivity index is 2.99. The third-order valence-corrected chi connectivity index (χ3v) is 1.71. The van der Waals surface area contributed by atoms with Crippen molar-refractivity contribution in [3.8, 4) is 0 Å². The molecule has 0 saturated heterocycles. The number of allylic oxidation sites excluding steroid dienone is 1. The fourth-order valence-electron chi connectivity index (χ4n) is 1.14. The third kappa shape index (κ3) is 1.92. The number of aliphatic hydroxyl groups excluding tert-OH is 1. The molecule has 0 bridgehead atoms. The predicted molar refractivity (Wildman–Crippen MR) is 48.8 cm³/mol. The van der Waals surface area contributed by atoms with Crippen LogP contribution in [0.3, 0.4) is 0 Å². The summed E-state index contributed by atoms with van der Waals surface area (Å²) in [6, 6.07) is 3.71. The van der Waals surface area contributed by atoms with Gasteiger partial charge in [0.05, 0.1) is 6.10 Å². The summed E-state index contributed by atoms with van der Waals surface area (Å²) in [5, 5.41) is 9.36. The van der Waals surface area contributed by atoms with Crippen molar-refractivity contribution in [1.82, 2.24) is 4.98 Å². The molecule has 1 atom stereocenters. The van der Waals surface area contributed by atoms with Crippen molar-refractivity contribution in [1.29, 1.82) is 0 Å². The molecular formula is C10H13NO. The average molecular weight is 163 g/mol. The van der Waals surface area contributed by atoms with E-state index in [0.29, 0.717) is 6.42 Å². The number of aliphatic hydroxyl groups is 1. The maximum atomic E-state index is 9.36. The van der Waals surface area contributed by atoms with Gasteiger partial charge in [0.2, 0.25) is 0 Å². The summed E-state index contributed by atoms with van der Waals surface area (Å²) >= 11 is 0. The van der Waals surface area contributed by atoms with Crippen LogP contribution in [-0.4, -0.2) is 10.1 Å². The number of pyridine rings is 1. The van der Waals surface area contributed by atoms with Gasteiger partial charge in [-0.25, -0.2) is 0 Å². The van der Waals surface area contributed by atoms with Crippen LogP contribution in [0.4, 0.5) is 0 Å². The highest BCUT2D eigenvalue weighted by Crippen LogP contribution is 2.15. The first-order valence-corrected chi connectivity index (χ1v) is 3.98. The summed E-state index contributed by atoms with van der Waals surface area (Å²) in [7, 11) is 0. The monoisotopic (exact) mass is 163 g/mol. The van der Waals surface area contributed by atoms with Crippen molar-refractivity contribution in [3.05, 3.63) is 42.2 Å². The minimum Gasteiger partial charge on any atom is -0.389 e. The fraction of sp³-hybridized carbons (Fsp3) is 0.300. The van der Waals surface area contributed by atoms with Gasteiger partial charge in [-0.05, 0) is 13.0 Å². The topological polar surface area (TPSA) is 33.1 Å². The molecule has 2 nitrogen and oxygen atoms in total. The third-order valence-electron chi connectivity index (χ3n) is 1.71. The van der Waals surface area contributed by atoms with Crippen molar-refractivity contribution in [2.24, 2.45) is 0 Å². The van der Waals surface area contributed by atoms with Crippen LogP contribution in [0.15, 0.2) is 31.0 Å². The molecule has 0 aromatic carbocycles. The average Bonchev–Trinajstić information content (AvgIpc) is 2.05. The van der Waals surface area contributed by atoms with Crippen molar-refractivity contribution in [2.45, 2.75) is 19.4 Å². The highest BCUT2D eigenvalue weighted by molar-refractivity contribution is 5.23. The van der Waals surface area contributed by atoms with Crippen molar-refractivity contribution < 1.29 is 5.11 Å². The van der Waals surface area contributed by atoms with Crippen LogP contribution in [0.5, 0.6) is 0 Å². The predicted octanol–water partition coefficient (Wildman–Crippen LogP) is 1.86. The van der Waals surface area contributed by atoms with Gasteiger partial charge in [-0.3, -0.25) is 4.98 Å². The Bertz CT molecular complexity index is 268. The second-order valence-electron chi connectivity index (χ2n) is 2.71. The first-order chi connectivity index (χ1) is 5.75. The minimum atomic E-state index is -0.450. The van der Waals surface area contributed by atoms with Gasteiger partial charge in [-0.15, -0.1) is 6.58 Å². The van der Waals surface area contributed by atoms with E-state index in [1.54, 1.807) is 19.2 Å². The molecule has 64 valence electrons. The Labute approximate surface area is 72.6 Å². The molecule has 12 heavy (non-hydrogen) atoms. The number of nitrogens with zero attached hydrogens (tertiary/aromatic N) is 1. The molecule has 0 saturated carbocycles. The molecule has 1 aromatic heterocycles. The summed E-state index contributed by atoms with van der Waals surface area (Å²) < 4.78 is 0. The van der Waals surface area contributed by atoms with E-state index in [1.807, 2.05) is 12.1 Å². The molecule has 2 heteroatoms. The highest BCUT2D eigenvalue weighted by atomic mass is 16.3. The van der Waals surface area contributed by atoms with Crippen LogP contribution >= 0.6 is 0 Å². The van der Waals surface area contributed by atoms with Crippen LogP contribution in [0, 0.1) is 0 Å². The molecule has 1 rings (SSSR count). The lowest BCUT2D eigenvalue weighted by Crippen LogP contribution is -1.99. The molecule has 1 heterocycles. The second kappa shape index (κ2) is 4.02. The van der Waals surface area contributed by atoms with Gasteiger partial charge in [0, 0.05) is 23.9 Å². The summed E-state index contributed by atoms with van der Waals surface area (Å²) in [6.45, 7) is 5.37. The van der Waals surface area contributed by atoms with Gasteiger partial charge >= 0.3 is 0 Å². The van der Waals surface area contributed by atoms with Gasteiger partial charge in [-0.2, -0.15) is 0 Å². The number of hydrogen-bond acceptors (Lipinski definition) is 2. The molecular weight excluding hydrogens is 150 g/mol. The van der Waals surface area contributed by atoms with E-state index < -0.39 is 6.10 Å². The van der Waals surface area contributed by atoms with Crippen molar-refractivity contribution in [2.75, 3.05) is 0 Å². The maximum absolute atomic E-state index is 9.36. The van der Waals surface area contributed by atoms with E-state index in [2.05, 4.69) is 11.6 Å². The van der Waals surface area contributed by atoms with E-state index in [9.17, 15) is 5.11 Å². The lowest BCUT2D eigenvalue weighted by atomic mass is 10.1. The summed E-state index contributed by atoms with van der Waals surface area (Å²) in [5.41, 5.74) is 1.79. The van der Waals surface area contributed by atoms with E-state index in [-0.39, 0.29) is 0 Å². The Morgan fingerprint density at radius 2 is 2.50 bits per heavy atom. The quantitative estimate of drug-likeness (QED) is 0.690. The van der Waals surface area contributed by atoms with Crippen LogP contribution in [0.2, 0.25) is 0 Å². The molecule has 0 amide bonds. The van der Waals surface area contributed by atoms with Crippen LogP contribution in [0.25, 0.3) is 0 Å². The van der Waals surface area contributed by atoms with Crippen LogP contribution < -0.4 is 0 Å². The maximum Gasteiger partial charge on any atom is 0.0779 e. The first-order valence-electron chi connectivity index (χ1n) is 3.98. The normalized spacial score (nSPS) is 12.5. The van der Waals surface area contributed by atoms with Crippen molar-refractivity contribution >= 4 is 0 Å². The van der Waals surface area contributed by atoms with Crippen molar-refractivity contribution in [3.63, 3.8) is 0 Å². The zero-order chi connectivity index (χ0) is 8.97. The zero-order valence-corrected chi connectivity index (χ0v) is 7.20. The smallest absolute Gasteiger partial charge is 0.0779 e. The standard InChI is InChI=1S/C10H13NO/c1-3-5-10-9(8(2)12)6-4-7-11-10/h3-4,6-8,12H,1,5H2,2H3. The molecule has 0 aliphatic carbocycles. The zero-order valence-electron chi connectivity index (χ0n) is 7.20. The summed E-state index contributed by atoms with van der Waals surface area (Å²) in [4.78, 5) is 4.16. The molecule has 1 unspecified atom stereocenters. The molecule has 0 aliphatic rings. The highest BCUT2D eigenvalue weighted by Gasteiger charge is 2.05. The van der Waals surface area contributed by atoms with Gasteiger partial charge in [0.1, 0.15) is 0 Å². The van der Waals surface area contributed by atoms with Crippen LogP contribution in [-0.2, 0) is 6.42 Å². The van der Waals surface area contributed by atoms with Gasteiger partial charge < -0.3 is 5.11 Å². The lowest BCUT2D eigenvalue weighted by Gasteiger charge is -2.08. The van der Waals surface area contributed by atoms with E-state index >= 15 is 0 Å². The summed E-state index contributed by atoms with van der Waals surface area (Å²) in [5.74, 6) is 0. The molecule has 0 spiro atoms. The number of aromatic nitrogens is 1. The van der Waals surface area contributed by atoms with Gasteiger partial charge in [0.15, 0.2) is 0 Å². The molecule has 1 N–H and O–H groups in total. The second-order valence-corrected chi connectivity index (χ2v) is 2.71. The molecule has 0 aliphatic heterocycles. The molecule has 0 radical (unpaired) electrons. The van der Waals surface area contributed by atoms with Gasteiger partial charge in [0.25, 0.3) is 0 Å². The van der Waals surface area contributed by atoms with E-state index in [4.69, 9.17) is 0 Å². The molecule has 0 fully saturated rings. The lowest BCUT2D eigenvalue weighted by molar-refractivity contribution is 0.198. The minimum absolute atomic E-state index is 0.450. The Hall–Kier alpha value is -1.15. The largest absolute Gasteiger partial charge is 0.389 e. The summed E-state index contributed by atoms with van der Waals surface area (Å²) in [6.07, 6.45) is 3.77. The van der Waals surface area contributed by atoms with Crippen LogP contribution in [0.1, 0.15) is 24.3 Å². The van der Waals surface area contributed by atoms with Gasteiger partial charge in [-0.1, -0.05) is 12.1 Å². The SMILES string of the molecule is C=CCc1ncccc1C(C)O. The van der Waals surface area contributed by atoms with E-state index in [0.717, 1.165) is 11.3 Å². The fourth-order valence-corrected chi connectivity index (χ4v) is 1.14. The Morgan fingerprint density at radius 1 is 1.75 bits per heavy atom. The Kier molecular flexibility index (Phi) is 3.00. The Morgan fingerprint density at radius 3 is 3.08 bits per heavy atom. The number of rotatable bonds is 3.